The quantitative estimate of drug-likeness (QED) is 0.826. The fraction of sp³-hybridized carbons (Fsp3) is 0.833. The van der Waals surface area contributed by atoms with Crippen LogP contribution in [-0.4, -0.2) is 20.8 Å². The second kappa shape index (κ2) is 3.55. The molecule has 4 heteroatoms. The molecule has 16 heavy (non-hydrogen) atoms. The third-order valence-corrected chi connectivity index (χ3v) is 4.30. The first-order valence-corrected chi connectivity index (χ1v) is 6.37. The molecule has 2 fully saturated rings. The summed E-state index contributed by atoms with van der Waals surface area (Å²) in [6.45, 7) is 2.26. The Morgan fingerprint density at radius 2 is 2.19 bits per heavy atom. The van der Waals surface area contributed by atoms with Gasteiger partial charge >= 0.3 is 0 Å². The van der Waals surface area contributed by atoms with E-state index < -0.39 is 0 Å². The highest BCUT2D eigenvalue weighted by molar-refractivity contribution is 5.14. The maximum Gasteiger partial charge on any atom is 0.140 e. The molecule has 0 bridgehead atoms. The van der Waals surface area contributed by atoms with Gasteiger partial charge in [-0.05, 0) is 25.7 Å². The Balaban J connectivity index is 1.96. The van der Waals surface area contributed by atoms with Crippen LogP contribution in [0, 0.1) is 0 Å². The zero-order valence-electron chi connectivity index (χ0n) is 9.89. The van der Waals surface area contributed by atoms with Crippen LogP contribution in [0.4, 0.5) is 0 Å². The highest BCUT2D eigenvalue weighted by Gasteiger charge is 2.41. The van der Waals surface area contributed by atoms with Crippen LogP contribution in [0.2, 0.25) is 0 Å². The van der Waals surface area contributed by atoms with Crippen molar-refractivity contribution in [3.8, 4) is 0 Å². The molecule has 88 valence electrons. The lowest BCUT2D eigenvalue weighted by Crippen LogP contribution is -2.47. The van der Waals surface area contributed by atoms with Gasteiger partial charge in [0.1, 0.15) is 12.2 Å². The second-order valence-corrected chi connectivity index (χ2v) is 5.56. The molecule has 3 rings (SSSR count). The van der Waals surface area contributed by atoms with Crippen molar-refractivity contribution in [1.82, 2.24) is 14.8 Å². The van der Waals surface area contributed by atoms with E-state index in [0.29, 0.717) is 6.04 Å². The predicted octanol–water partition coefficient (Wildman–Crippen LogP) is 1.77. The van der Waals surface area contributed by atoms with E-state index in [9.17, 15) is 0 Å². The number of hydrogen-bond acceptors (Lipinski definition) is 3. The SMILES string of the molecule is CC1(c2nncn2C2CC2)CCCCC1N. The van der Waals surface area contributed by atoms with Crippen molar-refractivity contribution in [1.29, 1.82) is 0 Å². The van der Waals surface area contributed by atoms with Crippen molar-refractivity contribution in [2.24, 2.45) is 5.73 Å². The van der Waals surface area contributed by atoms with Gasteiger partial charge in [0.2, 0.25) is 0 Å². The van der Waals surface area contributed by atoms with Gasteiger partial charge in [-0.25, -0.2) is 0 Å². The maximum atomic E-state index is 6.31. The lowest BCUT2D eigenvalue weighted by Gasteiger charge is -2.38. The van der Waals surface area contributed by atoms with Gasteiger partial charge < -0.3 is 10.3 Å². The Kier molecular flexibility index (Phi) is 2.28. The predicted molar refractivity (Wildman–Crippen MR) is 62.1 cm³/mol. The van der Waals surface area contributed by atoms with Crippen LogP contribution in [0.3, 0.4) is 0 Å². The van der Waals surface area contributed by atoms with Crippen LogP contribution in [-0.2, 0) is 5.41 Å². The summed E-state index contributed by atoms with van der Waals surface area (Å²) in [5.74, 6) is 1.13. The van der Waals surface area contributed by atoms with Gasteiger partial charge in [-0.2, -0.15) is 0 Å². The summed E-state index contributed by atoms with van der Waals surface area (Å²) < 4.78 is 2.27. The minimum Gasteiger partial charge on any atom is -0.327 e. The molecule has 2 N–H and O–H groups in total. The number of rotatable bonds is 2. The average Bonchev–Trinajstić information content (AvgIpc) is 3.00. The van der Waals surface area contributed by atoms with Crippen molar-refractivity contribution in [2.75, 3.05) is 0 Å². The smallest absolute Gasteiger partial charge is 0.140 e. The zero-order chi connectivity index (χ0) is 11.2. The lowest BCUT2D eigenvalue weighted by molar-refractivity contribution is 0.250. The molecule has 0 aliphatic heterocycles. The summed E-state index contributed by atoms with van der Waals surface area (Å²) in [7, 11) is 0. The summed E-state index contributed by atoms with van der Waals surface area (Å²) in [5.41, 5.74) is 6.35. The van der Waals surface area contributed by atoms with Gasteiger partial charge in [0.15, 0.2) is 0 Å². The molecule has 1 aromatic heterocycles. The van der Waals surface area contributed by atoms with Gasteiger partial charge in [0, 0.05) is 17.5 Å². The third kappa shape index (κ3) is 1.47. The van der Waals surface area contributed by atoms with E-state index >= 15 is 0 Å². The summed E-state index contributed by atoms with van der Waals surface area (Å²) in [6.07, 6.45) is 9.23. The molecule has 0 radical (unpaired) electrons. The van der Waals surface area contributed by atoms with Gasteiger partial charge in [0.25, 0.3) is 0 Å². The lowest BCUT2D eigenvalue weighted by atomic mass is 9.71. The van der Waals surface area contributed by atoms with Crippen LogP contribution < -0.4 is 5.73 Å². The van der Waals surface area contributed by atoms with Gasteiger partial charge in [-0.15, -0.1) is 10.2 Å². The van der Waals surface area contributed by atoms with E-state index in [2.05, 4.69) is 21.7 Å². The van der Waals surface area contributed by atoms with E-state index in [1.807, 2.05) is 6.33 Å². The van der Waals surface area contributed by atoms with E-state index in [4.69, 9.17) is 5.73 Å². The first-order chi connectivity index (χ1) is 7.72. The molecule has 1 aromatic rings. The Labute approximate surface area is 96.2 Å². The molecular weight excluding hydrogens is 200 g/mol. The third-order valence-electron chi connectivity index (χ3n) is 4.30. The number of hydrogen-bond donors (Lipinski definition) is 1. The zero-order valence-corrected chi connectivity index (χ0v) is 9.89. The van der Waals surface area contributed by atoms with Crippen LogP contribution in [0.1, 0.15) is 57.3 Å². The molecule has 2 aliphatic carbocycles. The van der Waals surface area contributed by atoms with Gasteiger partial charge in [0.05, 0.1) is 0 Å². The number of nitrogens with two attached hydrogens (primary N) is 1. The van der Waals surface area contributed by atoms with Gasteiger partial charge in [-0.1, -0.05) is 19.8 Å². The Hall–Kier alpha value is -0.900. The Morgan fingerprint density at radius 3 is 2.88 bits per heavy atom. The topological polar surface area (TPSA) is 56.7 Å². The minimum absolute atomic E-state index is 0.0390. The van der Waals surface area contributed by atoms with E-state index in [1.54, 1.807) is 0 Å². The summed E-state index contributed by atoms with van der Waals surface area (Å²) >= 11 is 0. The van der Waals surface area contributed by atoms with Crippen molar-refractivity contribution < 1.29 is 0 Å². The molecule has 1 heterocycles. The van der Waals surface area contributed by atoms with E-state index in [1.165, 1.54) is 25.7 Å². The van der Waals surface area contributed by atoms with Gasteiger partial charge in [-0.3, -0.25) is 0 Å². The number of aromatic nitrogens is 3. The molecule has 0 spiro atoms. The molecular formula is C12H20N4. The highest BCUT2D eigenvalue weighted by Crippen LogP contribution is 2.42. The first-order valence-electron chi connectivity index (χ1n) is 6.37. The van der Waals surface area contributed by atoms with Crippen molar-refractivity contribution in [3.63, 3.8) is 0 Å². The molecule has 2 atom stereocenters. The van der Waals surface area contributed by atoms with Crippen LogP contribution in [0.25, 0.3) is 0 Å². The highest BCUT2D eigenvalue weighted by atomic mass is 15.3. The maximum absolute atomic E-state index is 6.31. The largest absolute Gasteiger partial charge is 0.327 e. The molecule has 4 nitrogen and oxygen atoms in total. The van der Waals surface area contributed by atoms with Crippen molar-refractivity contribution in [2.45, 2.75) is 62.9 Å². The Bertz CT molecular complexity index is 382. The molecule has 2 aliphatic rings. The minimum atomic E-state index is 0.0390. The van der Waals surface area contributed by atoms with Crippen LogP contribution in [0.5, 0.6) is 0 Å². The average molecular weight is 220 g/mol. The van der Waals surface area contributed by atoms with Crippen molar-refractivity contribution in [3.05, 3.63) is 12.2 Å². The molecule has 0 amide bonds. The molecule has 0 saturated heterocycles. The monoisotopic (exact) mass is 220 g/mol. The Morgan fingerprint density at radius 1 is 1.38 bits per heavy atom. The standard InChI is InChI=1S/C12H20N4/c1-12(7-3-2-4-10(12)13)11-15-14-8-16(11)9-5-6-9/h8-10H,2-7,13H2,1H3. The summed E-state index contributed by atoms with van der Waals surface area (Å²) in [5, 5.41) is 8.45. The normalized spacial score (nSPS) is 35.2. The molecule has 2 unspecified atom stereocenters. The molecule has 0 aromatic carbocycles. The first kappa shape index (κ1) is 10.3. The summed E-state index contributed by atoms with van der Waals surface area (Å²) in [6, 6.07) is 0.888. The summed E-state index contributed by atoms with van der Waals surface area (Å²) in [4.78, 5) is 0. The fourth-order valence-corrected chi connectivity index (χ4v) is 2.91. The van der Waals surface area contributed by atoms with Crippen LogP contribution >= 0.6 is 0 Å². The van der Waals surface area contributed by atoms with E-state index in [0.717, 1.165) is 18.7 Å². The van der Waals surface area contributed by atoms with E-state index in [-0.39, 0.29) is 11.5 Å². The second-order valence-electron chi connectivity index (χ2n) is 5.56. The fourth-order valence-electron chi connectivity index (χ4n) is 2.91. The molecule has 2 saturated carbocycles. The van der Waals surface area contributed by atoms with Crippen LogP contribution in [0.15, 0.2) is 6.33 Å². The number of nitrogens with zero attached hydrogens (tertiary/aromatic N) is 3. The van der Waals surface area contributed by atoms with Crippen molar-refractivity contribution >= 4 is 0 Å².